The van der Waals surface area contributed by atoms with Crippen molar-refractivity contribution in [3.05, 3.63) is 28.7 Å². The van der Waals surface area contributed by atoms with Crippen LogP contribution in [0.4, 0.5) is 5.69 Å². The fraction of sp³-hybridized carbons (Fsp3) is 0.500. The summed E-state index contributed by atoms with van der Waals surface area (Å²) in [5, 5.41) is 3.41. The van der Waals surface area contributed by atoms with E-state index in [0.717, 1.165) is 23.1 Å². The molecule has 1 N–H and O–H groups in total. The van der Waals surface area contributed by atoms with Gasteiger partial charge in [-0.15, -0.1) is 0 Å². The van der Waals surface area contributed by atoms with Gasteiger partial charge in [-0.25, -0.2) is 0 Å². The molecule has 98 valence electrons. The van der Waals surface area contributed by atoms with Crippen molar-refractivity contribution in [2.45, 2.75) is 31.7 Å². The zero-order valence-electron chi connectivity index (χ0n) is 10.7. The summed E-state index contributed by atoms with van der Waals surface area (Å²) in [6.45, 7) is 1.04. The fourth-order valence-corrected chi connectivity index (χ4v) is 2.85. The number of hydrogen-bond acceptors (Lipinski definition) is 2. The summed E-state index contributed by atoms with van der Waals surface area (Å²) < 4.78 is 0.956. The van der Waals surface area contributed by atoms with Crippen LogP contribution in [0.3, 0.4) is 0 Å². The zero-order valence-corrected chi connectivity index (χ0v) is 12.2. The average Bonchev–Trinajstić information content (AvgIpc) is 2.39. The van der Waals surface area contributed by atoms with Gasteiger partial charge in [0.1, 0.15) is 0 Å². The SMILES string of the molecule is CN(C(=O)CC1CCCCN1)c1ccccc1Br. The Bertz CT molecular complexity index is 416. The largest absolute Gasteiger partial charge is 0.314 e. The number of anilines is 1. The van der Waals surface area contributed by atoms with Gasteiger partial charge in [0.25, 0.3) is 0 Å². The molecule has 1 aliphatic rings. The monoisotopic (exact) mass is 310 g/mol. The molecule has 0 aromatic heterocycles. The topological polar surface area (TPSA) is 32.3 Å². The molecular weight excluding hydrogens is 292 g/mol. The van der Waals surface area contributed by atoms with Gasteiger partial charge in [0.05, 0.1) is 5.69 Å². The van der Waals surface area contributed by atoms with Gasteiger partial charge in [0, 0.05) is 24.0 Å². The van der Waals surface area contributed by atoms with Crippen molar-refractivity contribution in [3.63, 3.8) is 0 Å². The lowest BCUT2D eigenvalue weighted by atomic mass is 10.0. The Hall–Kier alpha value is -0.870. The van der Waals surface area contributed by atoms with E-state index in [1.54, 1.807) is 4.90 Å². The summed E-state index contributed by atoms with van der Waals surface area (Å²) in [4.78, 5) is 14.0. The quantitative estimate of drug-likeness (QED) is 0.931. The first-order valence-electron chi connectivity index (χ1n) is 6.43. The van der Waals surface area contributed by atoms with Crippen LogP contribution in [0.25, 0.3) is 0 Å². The average molecular weight is 311 g/mol. The molecule has 0 spiro atoms. The number of nitrogens with one attached hydrogen (secondary N) is 1. The zero-order chi connectivity index (χ0) is 13.0. The number of piperidine rings is 1. The maximum Gasteiger partial charge on any atom is 0.228 e. The number of rotatable bonds is 3. The van der Waals surface area contributed by atoms with Crippen LogP contribution in [0.1, 0.15) is 25.7 Å². The second kappa shape index (κ2) is 6.34. The molecule has 1 heterocycles. The van der Waals surface area contributed by atoms with Crippen LogP contribution >= 0.6 is 15.9 Å². The van der Waals surface area contributed by atoms with Crippen molar-refractivity contribution in [3.8, 4) is 0 Å². The molecular formula is C14H19BrN2O. The summed E-state index contributed by atoms with van der Waals surface area (Å²) in [7, 11) is 1.84. The standard InChI is InChI=1S/C14H19BrN2O/c1-17(13-8-3-2-7-12(13)15)14(18)10-11-6-4-5-9-16-11/h2-3,7-8,11,16H,4-6,9-10H2,1H3. The Morgan fingerprint density at radius 1 is 1.44 bits per heavy atom. The third-order valence-electron chi connectivity index (χ3n) is 3.42. The minimum absolute atomic E-state index is 0.168. The Morgan fingerprint density at radius 2 is 2.22 bits per heavy atom. The molecule has 1 saturated heterocycles. The van der Waals surface area contributed by atoms with E-state index < -0.39 is 0 Å². The number of carbonyl (C=O) groups is 1. The number of nitrogens with zero attached hydrogens (tertiary/aromatic N) is 1. The van der Waals surface area contributed by atoms with E-state index in [2.05, 4.69) is 21.2 Å². The summed E-state index contributed by atoms with van der Waals surface area (Å²) in [5.74, 6) is 0.168. The fourth-order valence-electron chi connectivity index (χ4n) is 2.30. The van der Waals surface area contributed by atoms with Gasteiger partial charge in [0.15, 0.2) is 0 Å². The van der Waals surface area contributed by atoms with Crippen LogP contribution in [0, 0.1) is 0 Å². The minimum Gasteiger partial charge on any atom is -0.314 e. The van der Waals surface area contributed by atoms with Crippen molar-refractivity contribution in [1.82, 2.24) is 5.32 Å². The maximum atomic E-state index is 12.2. The number of halogens is 1. The molecule has 18 heavy (non-hydrogen) atoms. The predicted octanol–water partition coefficient (Wildman–Crippen LogP) is 2.94. The number of benzene rings is 1. The Labute approximate surface area is 117 Å². The number of amides is 1. The summed E-state index contributed by atoms with van der Waals surface area (Å²) in [6, 6.07) is 8.15. The van der Waals surface area contributed by atoms with Crippen molar-refractivity contribution < 1.29 is 4.79 Å². The van der Waals surface area contributed by atoms with Gasteiger partial charge in [-0.1, -0.05) is 18.6 Å². The van der Waals surface area contributed by atoms with E-state index in [0.29, 0.717) is 12.5 Å². The Morgan fingerprint density at radius 3 is 2.89 bits per heavy atom. The van der Waals surface area contributed by atoms with E-state index >= 15 is 0 Å². The highest BCUT2D eigenvalue weighted by Crippen LogP contribution is 2.25. The molecule has 1 fully saturated rings. The van der Waals surface area contributed by atoms with Crippen molar-refractivity contribution >= 4 is 27.5 Å². The molecule has 4 heteroatoms. The molecule has 0 aliphatic carbocycles. The maximum absolute atomic E-state index is 12.2. The molecule has 1 atom stereocenters. The Kier molecular flexibility index (Phi) is 4.78. The lowest BCUT2D eigenvalue weighted by molar-refractivity contribution is -0.118. The van der Waals surface area contributed by atoms with Gasteiger partial charge in [-0.2, -0.15) is 0 Å². The molecule has 1 amide bonds. The summed E-state index contributed by atoms with van der Waals surface area (Å²) in [5.41, 5.74) is 0.929. The van der Waals surface area contributed by atoms with Crippen LogP contribution in [0.5, 0.6) is 0 Å². The third kappa shape index (κ3) is 3.33. The number of hydrogen-bond donors (Lipinski definition) is 1. The van der Waals surface area contributed by atoms with Crippen molar-refractivity contribution in [2.75, 3.05) is 18.5 Å². The highest BCUT2D eigenvalue weighted by Gasteiger charge is 2.20. The highest BCUT2D eigenvalue weighted by molar-refractivity contribution is 9.10. The molecule has 0 saturated carbocycles. The van der Waals surface area contributed by atoms with Gasteiger partial charge in [-0.3, -0.25) is 4.79 Å². The highest BCUT2D eigenvalue weighted by atomic mass is 79.9. The minimum atomic E-state index is 0.168. The molecule has 3 nitrogen and oxygen atoms in total. The lowest BCUT2D eigenvalue weighted by Gasteiger charge is -2.26. The van der Waals surface area contributed by atoms with E-state index in [1.165, 1.54) is 12.8 Å². The normalized spacial score (nSPS) is 19.6. The first-order chi connectivity index (χ1) is 8.68. The van der Waals surface area contributed by atoms with Gasteiger partial charge < -0.3 is 10.2 Å². The number of carbonyl (C=O) groups excluding carboxylic acids is 1. The van der Waals surface area contributed by atoms with Gasteiger partial charge in [-0.05, 0) is 47.4 Å². The van der Waals surface area contributed by atoms with Gasteiger partial charge in [0.2, 0.25) is 5.91 Å². The molecule has 0 bridgehead atoms. The smallest absolute Gasteiger partial charge is 0.228 e. The second-order valence-electron chi connectivity index (χ2n) is 4.76. The van der Waals surface area contributed by atoms with E-state index in [-0.39, 0.29) is 5.91 Å². The summed E-state index contributed by atoms with van der Waals surface area (Å²) in [6.07, 6.45) is 4.14. The van der Waals surface area contributed by atoms with Crippen LogP contribution in [0.2, 0.25) is 0 Å². The van der Waals surface area contributed by atoms with E-state index in [9.17, 15) is 4.79 Å². The first-order valence-corrected chi connectivity index (χ1v) is 7.22. The third-order valence-corrected chi connectivity index (χ3v) is 4.09. The lowest BCUT2D eigenvalue weighted by Crippen LogP contribution is -2.39. The Balaban J connectivity index is 1.98. The van der Waals surface area contributed by atoms with Crippen molar-refractivity contribution in [1.29, 1.82) is 0 Å². The molecule has 2 rings (SSSR count). The molecule has 1 unspecified atom stereocenters. The second-order valence-corrected chi connectivity index (χ2v) is 5.61. The van der Waals surface area contributed by atoms with Crippen LogP contribution in [-0.2, 0) is 4.79 Å². The molecule has 0 radical (unpaired) electrons. The predicted molar refractivity (Wildman–Crippen MR) is 77.8 cm³/mol. The van der Waals surface area contributed by atoms with Crippen molar-refractivity contribution in [2.24, 2.45) is 0 Å². The number of para-hydroxylation sites is 1. The van der Waals surface area contributed by atoms with Crippen LogP contribution < -0.4 is 10.2 Å². The molecule has 1 aliphatic heterocycles. The van der Waals surface area contributed by atoms with E-state index in [1.807, 2.05) is 31.3 Å². The first kappa shape index (κ1) is 13.6. The van der Waals surface area contributed by atoms with E-state index in [4.69, 9.17) is 0 Å². The van der Waals surface area contributed by atoms with Crippen LogP contribution in [0.15, 0.2) is 28.7 Å². The van der Waals surface area contributed by atoms with Gasteiger partial charge >= 0.3 is 0 Å². The van der Waals surface area contributed by atoms with Crippen LogP contribution in [-0.4, -0.2) is 25.5 Å². The molecule has 1 aromatic rings. The summed E-state index contributed by atoms with van der Waals surface area (Å²) >= 11 is 3.48. The molecule has 1 aromatic carbocycles.